The van der Waals surface area contributed by atoms with Crippen LogP contribution in [-0.2, 0) is 21.5 Å². The maximum atomic E-state index is 14.2. The minimum atomic E-state index is -1.11. The summed E-state index contributed by atoms with van der Waals surface area (Å²) in [7, 11) is 5.47. The van der Waals surface area contributed by atoms with Crippen LogP contribution in [0.15, 0.2) is 36.5 Å². The van der Waals surface area contributed by atoms with Crippen LogP contribution >= 0.6 is 0 Å². The number of aryl methyl sites for hydroxylation is 2. The number of nitrogens with two attached hydrogens (primary N) is 1. The number of nitrogens with one attached hydrogen (secondary N) is 1. The van der Waals surface area contributed by atoms with Gasteiger partial charge in [0, 0.05) is 44.0 Å². The van der Waals surface area contributed by atoms with E-state index in [9.17, 15) is 9.59 Å². The molecule has 0 bridgehead atoms. The van der Waals surface area contributed by atoms with Gasteiger partial charge in [0.15, 0.2) is 5.65 Å². The zero-order valence-corrected chi connectivity index (χ0v) is 22.9. The van der Waals surface area contributed by atoms with E-state index in [1.54, 1.807) is 21.4 Å². The highest BCUT2D eigenvalue weighted by molar-refractivity contribution is 5.94. The summed E-state index contributed by atoms with van der Waals surface area (Å²) in [5.74, 6) is 0.608. The third-order valence-electron chi connectivity index (χ3n) is 7.90. The Morgan fingerprint density at radius 3 is 2.74 bits per heavy atom. The van der Waals surface area contributed by atoms with Gasteiger partial charge in [-0.1, -0.05) is 24.3 Å². The molecular formula is C28H38N8O2. The minimum absolute atomic E-state index is 0.144. The van der Waals surface area contributed by atoms with Crippen molar-refractivity contribution >= 4 is 23.3 Å². The summed E-state index contributed by atoms with van der Waals surface area (Å²) >= 11 is 0. The first kappa shape index (κ1) is 26.1. The van der Waals surface area contributed by atoms with Crippen LogP contribution in [0, 0.1) is 6.92 Å². The second kappa shape index (κ2) is 9.99. The van der Waals surface area contributed by atoms with Crippen LogP contribution in [0.25, 0.3) is 5.65 Å². The number of anilines is 1. The number of benzene rings is 1. The second-order valence-corrected chi connectivity index (χ2v) is 11.1. The number of carbonyl (C=O) groups excluding carboxylic acids is 2. The van der Waals surface area contributed by atoms with Gasteiger partial charge in [0.05, 0.1) is 18.3 Å². The van der Waals surface area contributed by atoms with Crippen molar-refractivity contribution in [2.24, 2.45) is 5.73 Å². The number of hydrogen-bond donors (Lipinski definition) is 2. The maximum absolute atomic E-state index is 14.2. The number of rotatable bonds is 7. The monoisotopic (exact) mass is 518 g/mol. The number of aromatic nitrogens is 3. The van der Waals surface area contributed by atoms with Gasteiger partial charge in [-0.3, -0.25) is 9.59 Å². The first-order chi connectivity index (χ1) is 18.1. The van der Waals surface area contributed by atoms with Crippen LogP contribution in [-0.4, -0.2) is 83.0 Å². The molecule has 1 aromatic carbocycles. The van der Waals surface area contributed by atoms with Gasteiger partial charge in [-0.25, -0.2) is 9.50 Å². The molecule has 1 fully saturated rings. The first-order valence-electron chi connectivity index (χ1n) is 13.3. The number of nitrogens with zero attached hydrogens (tertiary/aromatic N) is 6. The molecule has 1 aliphatic heterocycles. The third-order valence-corrected chi connectivity index (χ3v) is 7.90. The Morgan fingerprint density at radius 2 is 2.03 bits per heavy atom. The molecule has 10 nitrogen and oxygen atoms in total. The van der Waals surface area contributed by atoms with Gasteiger partial charge in [-0.15, -0.1) is 0 Å². The summed E-state index contributed by atoms with van der Waals surface area (Å²) in [5.41, 5.74) is 9.48. The van der Waals surface area contributed by atoms with Gasteiger partial charge in [0.25, 0.3) is 5.91 Å². The molecule has 2 aliphatic rings. The van der Waals surface area contributed by atoms with Crippen LogP contribution < -0.4 is 16.0 Å². The average Bonchev–Trinajstić information content (AvgIpc) is 3.59. The lowest BCUT2D eigenvalue weighted by Crippen LogP contribution is -2.57. The molecule has 2 aromatic heterocycles. The average molecular weight is 519 g/mol. The minimum Gasteiger partial charge on any atom is -0.355 e. The molecule has 0 spiro atoms. The second-order valence-electron chi connectivity index (χ2n) is 11.1. The van der Waals surface area contributed by atoms with Gasteiger partial charge in [-0.05, 0) is 58.3 Å². The van der Waals surface area contributed by atoms with E-state index in [1.165, 1.54) is 0 Å². The van der Waals surface area contributed by atoms with Crippen LogP contribution in [0.5, 0.6) is 0 Å². The molecule has 10 heteroatoms. The standard InChI is InChI=1S/C28H38N8O2/c1-18-15-36-24(30-26(18)35-13-11-21(29)16-35)14-23(32-36)19(2)34(5)27(38)28(31-25(37)17-33(3)4)12-10-20-8-6-7-9-22(20)28/h6-9,14-15,19,21H,10-13,16-17,29H2,1-5H3,(H,31,37)/t19-,21-,28?/m0/s1. The molecule has 0 saturated carbocycles. The fraction of sp³-hybridized carbons (Fsp3) is 0.500. The molecule has 1 aliphatic carbocycles. The molecule has 0 radical (unpaired) electrons. The maximum Gasteiger partial charge on any atom is 0.253 e. The Hall–Kier alpha value is -3.50. The van der Waals surface area contributed by atoms with Gasteiger partial charge < -0.3 is 25.8 Å². The van der Waals surface area contributed by atoms with Crippen molar-refractivity contribution in [3.8, 4) is 0 Å². The molecule has 5 rings (SSSR count). The van der Waals surface area contributed by atoms with Gasteiger partial charge >= 0.3 is 0 Å². The predicted molar refractivity (Wildman–Crippen MR) is 147 cm³/mol. The molecule has 1 saturated heterocycles. The lowest BCUT2D eigenvalue weighted by atomic mass is 9.89. The van der Waals surface area contributed by atoms with Crippen molar-refractivity contribution in [3.63, 3.8) is 0 Å². The van der Waals surface area contributed by atoms with Gasteiger partial charge in [-0.2, -0.15) is 5.10 Å². The molecule has 38 heavy (non-hydrogen) atoms. The Kier molecular flexibility index (Phi) is 6.87. The van der Waals surface area contributed by atoms with E-state index >= 15 is 0 Å². The summed E-state index contributed by atoms with van der Waals surface area (Å²) in [6.07, 6.45) is 4.19. The highest BCUT2D eigenvalue weighted by atomic mass is 16.2. The zero-order valence-electron chi connectivity index (χ0n) is 22.9. The molecule has 1 unspecified atom stereocenters. The van der Waals surface area contributed by atoms with Gasteiger partial charge in [0.1, 0.15) is 11.4 Å². The largest absolute Gasteiger partial charge is 0.355 e. The summed E-state index contributed by atoms with van der Waals surface area (Å²) in [6, 6.07) is 9.66. The molecule has 202 valence electrons. The Labute approximate surface area is 223 Å². The number of carbonyl (C=O) groups is 2. The Bertz CT molecular complexity index is 1370. The number of hydrogen-bond acceptors (Lipinski definition) is 7. The zero-order chi connectivity index (χ0) is 27.2. The van der Waals surface area contributed by atoms with Crippen LogP contribution in [0.1, 0.15) is 48.2 Å². The SMILES string of the molecule is Cc1cn2nc([C@H](C)N(C)C(=O)C3(NC(=O)CN(C)C)CCc4ccccc43)cc2nc1N1CC[C@H](N)C1. The van der Waals surface area contributed by atoms with Crippen molar-refractivity contribution in [3.05, 3.63) is 58.9 Å². The van der Waals surface area contributed by atoms with Crippen molar-refractivity contribution in [2.75, 3.05) is 45.7 Å². The van der Waals surface area contributed by atoms with Crippen LogP contribution in [0.4, 0.5) is 5.82 Å². The number of amides is 2. The number of fused-ring (bicyclic) bond motifs is 2. The smallest absolute Gasteiger partial charge is 0.253 e. The third kappa shape index (κ3) is 4.63. The van der Waals surface area contributed by atoms with E-state index in [-0.39, 0.29) is 30.4 Å². The summed E-state index contributed by atoms with van der Waals surface area (Å²) in [6.45, 7) is 5.88. The molecule has 3 atom stereocenters. The lowest BCUT2D eigenvalue weighted by Gasteiger charge is -2.36. The van der Waals surface area contributed by atoms with Crippen LogP contribution in [0.2, 0.25) is 0 Å². The summed E-state index contributed by atoms with van der Waals surface area (Å²) < 4.78 is 1.78. The molecule has 3 aromatic rings. The molecular weight excluding hydrogens is 480 g/mol. The fourth-order valence-electron chi connectivity index (χ4n) is 5.78. The quantitative estimate of drug-likeness (QED) is 0.489. The summed E-state index contributed by atoms with van der Waals surface area (Å²) in [5, 5.41) is 7.89. The van der Waals surface area contributed by atoms with E-state index in [1.807, 2.05) is 64.5 Å². The van der Waals surface area contributed by atoms with Crippen molar-refractivity contribution < 1.29 is 9.59 Å². The van der Waals surface area contributed by atoms with Crippen molar-refractivity contribution in [1.29, 1.82) is 0 Å². The first-order valence-corrected chi connectivity index (χ1v) is 13.3. The van der Waals surface area contributed by atoms with Crippen molar-refractivity contribution in [1.82, 2.24) is 29.7 Å². The predicted octanol–water partition coefficient (Wildman–Crippen LogP) is 1.61. The highest BCUT2D eigenvalue weighted by Gasteiger charge is 2.48. The topological polar surface area (TPSA) is 112 Å². The normalized spacial score (nSPS) is 21.7. The van der Waals surface area contributed by atoms with E-state index in [2.05, 4.69) is 10.2 Å². The molecule has 3 N–H and O–H groups in total. The van der Waals surface area contributed by atoms with E-state index in [0.29, 0.717) is 6.42 Å². The highest BCUT2D eigenvalue weighted by Crippen LogP contribution is 2.39. The van der Waals surface area contributed by atoms with Crippen molar-refractivity contribution in [2.45, 2.75) is 50.7 Å². The fourth-order valence-corrected chi connectivity index (χ4v) is 5.78. The van der Waals surface area contributed by atoms with Crippen LogP contribution in [0.3, 0.4) is 0 Å². The molecule has 3 heterocycles. The van der Waals surface area contributed by atoms with E-state index in [4.69, 9.17) is 15.8 Å². The molecule has 2 amide bonds. The summed E-state index contributed by atoms with van der Waals surface area (Å²) in [4.78, 5) is 37.8. The Balaban J connectivity index is 1.44. The number of likely N-dealkylation sites (N-methyl/N-ethyl adjacent to an activating group) is 2. The Morgan fingerprint density at radius 1 is 1.26 bits per heavy atom. The lowest BCUT2D eigenvalue weighted by molar-refractivity contribution is -0.143. The van der Waals surface area contributed by atoms with Gasteiger partial charge in [0.2, 0.25) is 5.91 Å². The van der Waals surface area contributed by atoms with E-state index in [0.717, 1.165) is 59.8 Å². The van der Waals surface area contributed by atoms with E-state index < -0.39 is 5.54 Å².